The van der Waals surface area contributed by atoms with Gasteiger partial charge in [0.1, 0.15) is 0 Å². The molecule has 6 rings (SSSR count). The second-order valence-corrected chi connectivity index (χ2v) is 9.03. The smallest absolute Gasteiger partial charge is 0.0991 e. The minimum absolute atomic E-state index is 0.673. The van der Waals surface area contributed by atoms with E-state index in [-0.39, 0.29) is 0 Å². The van der Waals surface area contributed by atoms with Crippen LogP contribution in [-0.2, 0) is 0 Å². The Kier molecular flexibility index (Phi) is 4.48. The van der Waals surface area contributed by atoms with Crippen LogP contribution in [0.4, 0.5) is 11.4 Å². The molecule has 1 aliphatic carbocycles. The SMILES string of the molecule is N#Cc1ccc(N(C2=CC=CCC2)c2ccc3ccc4c(Br)ccc5ccc2c3c54)cc1. The summed E-state index contributed by atoms with van der Waals surface area (Å²) in [6.45, 7) is 0. The van der Waals surface area contributed by atoms with Crippen molar-refractivity contribution in [2.75, 3.05) is 4.90 Å². The lowest BCUT2D eigenvalue weighted by Gasteiger charge is -2.30. The second kappa shape index (κ2) is 7.51. The van der Waals surface area contributed by atoms with Crippen LogP contribution in [0.5, 0.6) is 0 Å². The molecule has 3 heteroatoms. The van der Waals surface area contributed by atoms with E-state index in [1.165, 1.54) is 38.0 Å². The second-order valence-electron chi connectivity index (χ2n) is 8.17. The summed E-state index contributed by atoms with van der Waals surface area (Å²) in [5.41, 5.74) is 4.17. The molecule has 0 aromatic heterocycles. The zero-order valence-electron chi connectivity index (χ0n) is 17.3. The number of nitrogens with zero attached hydrogens (tertiary/aromatic N) is 2. The highest BCUT2D eigenvalue weighted by molar-refractivity contribution is 9.10. The van der Waals surface area contributed by atoms with Gasteiger partial charge in [-0.3, -0.25) is 0 Å². The molecule has 0 aliphatic heterocycles. The first-order valence-electron chi connectivity index (χ1n) is 10.8. The number of anilines is 2. The van der Waals surface area contributed by atoms with Gasteiger partial charge in [-0.1, -0.05) is 64.5 Å². The summed E-state index contributed by atoms with van der Waals surface area (Å²) in [5, 5.41) is 16.8. The molecule has 1 aliphatic rings. The number of hydrogen-bond donors (Lipinski definition) is 0. The van der Waals surface area contributed by atoms with Gasteiger partial charge in [0.25, 0.3) is 0 Å². The van der Waals surface area contributed by atoms with Crippen LogP contribution in [0.1, 0.15) is 18.4 Å². The highest BCUT2D eigenvalue weighted by Gasteiger charge is 2.20. The molecule has 152 valence electrons. The van der Waals surface area contributed by atoms with Gasteiger partial charge in [-0.25, -0.2) is 0 Å². The molecular formula is C29H19BrN2. The Labute approximate surface area is 195 Å². The number of nitriles is 1. The molecule has 0 atom stereocenters. The average molecular weight is 475 g/mol. The van der Waals surface area contributed by atoms with Crippen molar-refractivity contribution in [3.63, 3.8) is 0 Å². The van der Waals surface area contributed by atoms with Gasteiger partial charge in [-0.05, 0) is 82.2 Å². The van der Waals surface area contributed by atoms with Gasteiger partial charge >= 0.3 is 0 Å². The molecule has 0 unspecified atom stereocenters. The molecule has 0 N–H and O–H groups in total. The van der Waals surface area contributed by atoms with E-state index in [9.17, 15) is 5.26 Å². The first-order chi connectivity index (χ1) is 15.7. The molecule has 0 heterocycles. The monoisotopic (exact) mass is 474 g/mol. The Bertz CT molecular complexity index is 1590. The van der Waals surface area contributed by atoms with E-state index in [1.54, 1.807) is 0 Å². The van der Waals surface area contributed by atoms with E-state index < -0.39 is 0 Å². The summed E-state index contributed by atoms with van der Waals surface area (Å²) >= 11 is 3.75. The Morgan fingerprint density at radius 2 is 1.47 bits per heavy atom. The van der Waals surface area contributed by atoms with E-state index in [0.29, 0.717) is 5.56 Å². The van der Waals surface area contributed by atoms with Gasteiger partial charge in [0, 0.05) is 21.2 Å². The number of hydrogen-bond acceptors (Lipinski definition) is 2. The van der Waals surface area contributed by atoms with Gasteiger partial charge in [-0.15, -0.1) is 0 Å². The van der Waals surface area contributed by atoms with E-state index in [2.05, 4.69) is 93.7 Å². The van der Waals surface area contributed by atoms with E-state index in [0.717, 1.165) is 28.7 Å². The maximum absolute atomic E-state index is 9.27. The highest BCUT2D eigenvalue weighted by Crippen LogP contribution is 2.44. The van der Waals surface area contributed by atoms with Gasteiger partial charge in [0.2, 0.25) is 0 Å². The molecule has 0 radical (unpaired) electrons. The predicted molar refractivity (Wildman–Crippen MR) is 138 cm³/mol. The molecule has 0 fully saturated rings. The van der Waals surface area contributed by atoms with Crippen molar-refractivity contribution in [1.29, 1.82) is 5.26 Å². The molecule has 0 spiro atoms. The maximum atomic E-state index is 9.27. The Balaban J connectivity index is 1.67. The Morgan fingerprint density at radius 3 is 2.19 bits per heavy atom. The highest BCUT2D eigenvalue weighted by atomic mass is 79.9. The molecule has 5 aromatic rings. The van der Waals surface area contributed by atoms with Crippen LogP contribution < -0.4 is 4.90 Å². The largest absolute Gasteiger partial charge is 0.314 e. The number of allylic oxidation sites excluding steroid dienone is 4. The van der Waals surface area contributed by atoms with Gasteiger partial charge in [0.05, 0.1) is 17.3 Å². The van der Waals surface area contributed by atoms with Crippen LogP contribution in [0.15, 0.2) is 101 Å². The molecule has 0 saturated heterocycles. The van der Waals surface area contributed by atoms with Crippen molar-refractivity contribution in [3.8, 4) is 6.07 Å². The van der Waals surface area contributed by atoms with E-state index >= 15 is 0 Å². The van der Waals surface area contributed by atoms with Crippen molar-refractivity contribution in [1.82, 2.24) is 0 Å². The van der Waals surface area contributed by atoms with Crippen LogP contribution in [-0.4, -0.2) is 0 Å². The van der Waals surface area contributed by atoms with Crippen LogP contribution in [0.3, 0.4) is 0 Å². The molecule has 0 bridgehead atoms. The van der Waals surface area contributed by atoms with Crippen LogP contribution in [0, 0.1) is 11.3 Å². The van der Waals surface area contributed by atoms with Gasteiger partial charge < -0.3 is 4.90 Å². The summed E-state index contributed by atoms with van der Waals surface area (Å²) in [6, 6.07) is 27.8. The average Bonchev–Trinajstić information content (AvgIpc) is 2.85. The minimum Gasteiger partial charge on any atom is -0.314 e. The standard InChI is InChI=1S/C29H19BrN2/c30-26-16-10-20-9-15-25-27(17-11-21-8-14-24(26)28(20)29(21)25)32(22-4-2-1-3-5-22)23-12-6-19(18-31)7-13-23/h1-2,4,6-17H,3,5H2. The van der Waals surface area contributed by atoms with Gasteiger partial charge in [-0.2, -0.15) is 5.26 Å². The summed E-state index contributed by atoms with van der Waals surface area (Å²) in [6.07, 6.45) is 8.56. The van der Waals surface area contributed by atoms with Crippen LogP contribution in [0.25, 0.3) is 32.3 Å². The normalized spacial score (nSPS) is 13.6. The van der Waals surface area contributed by atoms with Crippen LogP contribution in [0.2, 0.25) is 0 Å². The van der Waals surface area contributed by atoms with E-state index in [4.69, 9.17) is 0 Å². The fourth-order valence-corrected chi connectivity index (χ4v) is 5.33. The summed E-state index contributed by atoms with van der Waals surface area (Å²) in [5.74, 6) is 0. The van der Waals surface area contributed by atoms with Crippen molar-refractivity contribution in [2.24, 2.45) is 0 Å². The summed E-state index contributed by atoms with van der Waals surface area (Å²) in [7, 11) is 0. The van der Waals surface area contributed by atoms with E-state index in [1.807, 2.05) is 24.3 Å². The minimum atomic E-state index is 0.673. The zero-order chi connectivity index (χ0) is 21.7. The lowest BCUT2D eigenvalue weighted by Crippen LogP contribution is -2.17. The Hall–Kier alpha value is -3.61. The fourth-order valence-electron chi connectivity index (χ4n) is 4.87. The Morgan fingerprint density at radius 1 is 0.781 bits per heavy atom. The number of rotatable bonds is 3. The molecule has 32 heavy (non-hydrogen) atoms. The number of halogens is 1. The summed E-state index contributed by atoms with van der Waals surface area (Å²) in [4.78, 5) is 2.35. The zero-order valence-corrected chi connectivity index (χ0v) is 18.9. The first-order valence-corrected chi connectivity index (χ1v) is 11.6. The van der Waals surface area contributed by atoms with Gasteiger partial charge in [0.15, 0.2) is 0 Å². The molecular weight excluding hydrogens is 456 g/mol. The van der Waals surface area contributed by atoms with Crippen molar-refractivity contribution >= 4 is 59.6 Å². The molecule has 0 amide bonds. The quantitative estimate of drug-likeness (QED) is 0.244. The third-order valence-electron chi connectivity index (χ3n) is 6.36. The predicted octanol–water partition coefficient (Wildman–Crippen LogP) is 8.59. The lowest BCUT2D eigenvalue weighted by molar-refractivity contribution is 0.919. The molecule has 5 aromatic carbocycles. The third kappa shape index (κ3) is 2.92. The van der Waals surface area contributed by atoms with Crippen molar-refractivity contribution in [2.45, 2.75) is 12.8 Å². The van der Waals surface area contributed by atoms with Crippen LogP contribution >= 0.6 is 15.9 Å². The third-order valence-corrected chi connectivity index (χ3v) is 7.05. The number of benzene rings is 5. The van der Waals surface area contributed by atoms with Crippen molar-refractivity contribution in [3.05, 3.63) is 107 Å². The molecule has 0 saturated carbocycles. The lowest BCUT2D eigenvalue weighted by atomic mass is 9.93. The topological polar surface area (TPSA) is 27.0 Å². The summed E-state index contributed by atoms with van der Waals surface area (Å²) < 4.78 is 1.12. The maximum Gasteiger partial charge on any atom is 0.0991 e. The molecule has 2 nitrogen and oxygen atoms in total. The fraction of sp³-hybridized carbons (Fsp3) is 0.0690. The first kappa shape index (κ1) is 19.1. The van der Waals surface area contributed by atoms with Crippen molar-refractivity contribution < 1.29 is 0 Å².